The number of amides is 1. The minimum atomic E-state index is -1.77. The molecule has 2 N–H and O–H groups in total. The van der Waals surface area contributed by atoms with Crippen molar-refractivity contribution in [3.8, 4) is 11.1 Å². The van der Waals surface area contributed by atoms with E-state index in [1.807, 2.05) is 50.4 Å². The smallest absolute Gasteiger partial charge is 0.281 e. The molecule has 0 saturated heterocycles. The Morgan fingerprint density at radius 2 is 1.73 bits per heavy atom. The number of aromatic nitrogens is 2. The highest BCUT2D eigenvalue weighted by Crippen LogP contribution is 2.47. The van der Waals surface area contributed by atoms with Crippen molar-refractivity contribution in [1.29, 1.82) is 0 Å². The molecule has 26 heavy (non-hydrogen) atoms. The summed E-state index contributed by atoms with van der Waals surface area (Å²) in [5.74, 6) is -0.590. The third-order valence-corrected chi connectivity index (χ3v) is 4.67. The highest BCUT2D eigenvalue weighted by Gasteiger charge is 2.47. The first-order valence-corrected chi connectivity index (χ1v) is 8.27. The van der Waals surface area contributed by atoms with Crippen molar-refractivity contribution < 1.29 is 9.90 Å². The molecule has 0 atom stereocenters. The number of rotatable bonds is 3. The molecule has 1 aliphatic carbocycles. The number of aryl methyl sites for hydroxylation is 2. The lowest BCUT2D eigenvalue weighted by atomic mass is 9.91. The number of carbonyl (C=O) groups is 1. The molecule has 4 rings (SSSR count). The first kappa shape index (κ1) is 16.2. The summed E-state index contributed by atoms with van der Waals surface area (Å²) in [6, 6.07) is 14.7. The largest absolute Gasteiger partial charge is 0.372 e. The van der Waals surface area contributed by atoms with Gasteiger partial charge in [-0.2, -0.15) is 10.2 Å². The van der Waals surface area contributed by atoms with E-state index in [-0.39, 0.29) is 0 Å². The molecule has 1 amide bonds. The van der Waals surface area contributed by atoms with Crippen LogP contribution >= 0.6 is 0 Å². The second kappa shape index (κ2) is 5.93. The summed E-state index contributed by atoms with van der Waals surface area (Å²) in [7, 11) is 1.82. The molecule has 0 radical (unpaired) electrons. The van der Waals surface area contributed by atoms with Gasteiger partial charge < -0.3 is 5.11 Å². The van der Waals surface area contributed by atoms with Crippen molar-refractivity contribution in [2.75, 3.05) is 0 Å². The van der Waals surface area contributed by atoms with Crippen LogP contribution in [-0.4, -0.2) is 27.0 Å². The Morgan fingerprint density at radius 1 is 1.15 bits per heavy atom. The Kier molecular flexibility index (Phi) is 3.70. The van der Waals surface area contributed by atoms with Crippen molar-refractivity contribution in [2.45, 2.75) is 12.5 Å². The summed E-state index contributed by atoms with van der Waals surface area (Å²) >= 11 is 0. The van der Waals surface area contributed by atoms with Gasteiger partial charge in [-0.25, -0.2) is 5.43 Å². The molecule has 0 aliphatic heterocycles. The van der Waals surface area contributed by atoms with Crippen LogP contribution in [0.1, 0.15) is 22.4 Å². The Labute approximate surface area is 150 Å². The van der Waals surface area contributed by atoms with E-state index >= 15 is 0 Å². The Morgan fingerprint density at radius 3 is 2.27 bits per heavy atom. The average Bonchev–Trinajstić information content (AvgIpc) is 3.11. The average molecular weight is 346 g/mol. The van der Waals surface area contributed by atoms with Crippen LogP contribution in [0.25, 0.3) is 11.1 Å². The molecule has 0 bridgehead atoms. The minimum Gasteiger partial charge on any atom is -0.372 e. The van der Waals surface area contributed by atoms with E-state index in [1.165, 1.54) is 6.21 Å². The van der Waals surface area contributed by atoms with Crippen molar-refractivity contribution in [2.24, 2.45) is 12.1 Å². The second-order valence-corrected chi connectivity index (χ2v) is 6.34. The predicted octanol–water partition coefficient (Wildman–Crippen LogP) is 2.10. The number of hydrogen-bond acceptors (Lipinski definition) is 4. The van der Waals surface area contributed by atoms with E-state index in [1.54, 1.807) is 23.0 Å². The van der Waals surface area contributed by atoms with Crippen LogP contribution < -0.4 is 5.43 Å². The molecule has 0 saturated carbocycles. The SMILES string of the molecule is Cc1nn(C)cc1/C=N\NC(=O)C1(O)c2ccccc2-c2ccccc21. The Balaban J connectivity index is 1.68. The highest BCUT2D eigenvalue weighted by atomic mass is 16.3. The van der Waals surface area contributed by atoms with E-state index in [0.717, 1.165) is 22.4 Å². The van der Waals surface area contributed by atoms with Gasteiger partial charge in [0, 0.05) is 29.9 Å². The summed E-state index contributed by atoms with van der Waals surface area (Å²) < 4.78 is 1.68. The predicted molar refractivity (Wildman–Crippen MR) is 98.6 cm³/mol. The lowest BCUT2D eigenvalue weighted by Crippen LogP contribution is -2.42. The molecule has 0 spiro atoms. The number of hydrazone groups is 1. The maximum atomic E-state index is 12.9. The van der Waals surface area contributed by atoms with Gasteiger partial charge in [-0.05, 0) is 18.1 Å². The van der Waals surface area contributed by atoms with Crippen LogP contribution in [-0.2, 0) is 17.4 Å². The summed E-state index contributed by atoms with van der Waals surface area (Å²) in [6.45, 7) is 1.86. The number of aliphatic hydroxyl groups is 1. The number of nitrogens with one attached hydrogen (secondary N) is 1. The van der Waals surface area contributed by atoms with Crippen molar-refractivity contribution in [3.05, 3.63) is 77.1 Å². The van der Waals surface area contributed by atoms with Gasteiger partial charge in [-0.1, -0.05) is 48.5 Å². The normalized spacial score (nSPS) is 14.3. The van der Waals surface area contributed by atoms with Crippen molar-refractivity contribution in [1.82, 2.24) is 15.2 Å². The van der Waals surface area contributed by atoms with Crippen LogP contribution in [0.5, 0.6) is 0 Å². The quantitative estimate of drug-likeness (QED) is 0.563. The fourth-order valence-electron chi connectivity index (χ4n) is 3.44. The zero-order valence-corrected chi connectivity index (χ0v) is 14.5. The first-order valence-electron chi connectivity index (χ1n) is 8.27. The summed E-state index contributed by atoms with van der Waals surface area (Å²) in [6.07, 6.45) is 3.33. The molecule has 1 aromatic heterocycles. The Hall–Kier alpha value is -3.25. The van der Waals surface area contributed by atoms with Crippen LogP contribution in [0.3, 0.4) is 0 Å². The molecule has 1 heterocycles. The lowest BCUT2D eigenvalue weighted by molar-refractivity contribution is -0.136. The van der Waals surface area contributed by atoms with E-state index in [0.29, 0.717) is 11.1 Å². The molecule has 3 aromatic rings. The minimum absolute atomic E-state index is 0.562. The highest BCUT2D eigenvalue weighted by molar-refractivity contribution is 5.99. The van der Waals surface area contributed by atoms with Crippen LogP contribution in [0, 0.1) is 6.92 Å². The number of nitrogens with zero attached hydrogens (tertiary/aromatic N) is 3. The van der Waals surface area contributed by atoms with Gasteiger partial charge in [0.05, 0.1) is 11.9 Å². The van der Waals surface area contributed by atoms with Gasteiger partial charge in [0.15, 0.2) is 5.60 Å². The van der Waals surface area contributed by atoms with E-state index in [2.05, 4.69) is 15.6 Å². The van der Waals surface area contributed by atoms with Gasteiger partial charge in [-0.3, -0.25) is 9.48 Å². The molecule has 2 aromatic carbocycles. The van der Waals surface area contributed by atoms with Gasteiger partial charge >= 0.3 is 0 Å². The number of hydrogen-bond donors (Lipinski definition) is 2. The molecule has 6 heteroatoms. The Bertz CT molecular complexity index is 990. The molecule has 0 unspecified atom stereocenters. The molecular formula is C20H18N4O2. The number of benzene rings is 2. The van der Waals surface area contributed by atoms with Crippen LogP contribution in [0.2, 0.25) is 0 Å². The van der Waals surface area contributed by atoms with E-state index < -0.39 is 11.5 Å². The van der Waals surface area contributed by atoms with Gasteiger partial charge in [0.1, 0.15) is 0 Å². The lowest BCUT2D eigenvalue weighted by Gasteiger charge is -2.23. The standard InChI is InChI=1S/C20H18N4O2/c1-13-14(12-24(2)23-13)11-21-22-19(25)20(26)17-9-5-3-7-15(17)16-8-4-6-10-18(16)20/h3-12,26H,1-2H3,(H,22,25)/b21-11-. The number of fused-ring (bicyclic) bond motifs is 3. The molecule has 130 valence electrons. The molecule has 6 nitrogen and oxygen atoms in total. The molecular weight excluding hydrogens is 328 g/mol. The zero-order chi connectivity index (χ0) is 18.3. The summed E-state index contributed by atoms with van der Waals surface area (Å²) in [5.41, 5.74) is 5.14. The molecule has 0 fully saturated rings. The second-order valence-electron chi connectivity index (χ2n) is 6.34. The fraction of sp³-hybridized carbons (Fsp3) is 0.150. The third kappa shape index (κ3) is 2.34. The third-order valence-electron chi connectivity index (χ3n) is 4.67. The van der Waals surface area contributed by atoms with E-state index in [4.69, 9.17) is 0 Å². The van der Waals surface area contributed by atoms with Crippen LogP contribution in [0.15, 0.2) is 59.8 Å². The summed E-state index contributed by atoms with van der Waals surface area (Å²) in [5, 5.41) is 19.6. The van der Waals surface area contributed by atoms with E-state index in [9.17, 15) is 9.90 Å². The first-order chi connectivity index (χ1) is 12.5. The van der Waals surface area contributed by atoms with Crippen molar-refractivity contribution >= 4 is 12.1 Å². The number of carbonyl (C=O) groups excluding carboxylic acids is 1. The maximum absolute atomic E-state index is 12.9. The monoisotopic (exact) mass is 346 g/mol. The van der Waals surface area contributed by atoms with Gasteiger partial charge in [-0.15, -0.1) is 0 Å². The van der Waals surface area contributed by atoms with Crippen molar-refractivity contribution in [3.63, 3.8) is 0 Å². The van der Waals surface area contributed by atoms with Gasteiger partial charge in [0.2, 0.25) is 0 Å². The maximum Gasteiger partial charge on any atom is 0.281 e. The zero-order valence-electron chi connectivity index (χ0n) is 14.5. The molecule has 1 aliphatic rings. The topological polar surface area (TPSA) is 79.5 Å². The van der Waals surface area contributed by atoms with Crippen LogP contribution in [0.4, 0.5) is 0 Å². The summed E-state index contributed by atoms with van der Waals surface area (Å²) in [4.78, 5) is 12.9. The van der Waals surface area contributed by atoms with Gasteiger partial charge in [0.25, 0.3) is 5.91 Å². The fourth-order valence-corrected chi connectivity index (χ4v) is 3.44.